The SMILES string of the molecule is CNC(C)(C)CC1CCSCC1. The molecule has 1 aliphatic heterocycles. The Morgan fingerprint density at radius 2 is 1.92 bits per heavy atom. The molecular weight excluding hydrogens is 166 g/mol. The third-order valence-corrected chi connectivity index (χ3v) is 3.87. The number of nitrogens with one attached hydrogen (secondary N) is 1. The molecule has 0 atom stereocenters. The van der Waals surface area contributed by atoms with Crippen molar-refractivity contribution in [2.45, 2.75) is 38.6 Å². The van der Waals surface area contributed by atoms with E-state index in [0.717, 1.165) is 5.92 Å². The van der Waals surface area contributed by atoms with E-state index < -0.39 is 0 Å². The molecule has 0 aromatic carbocycles. The van der Waals surface area contributed by atoms with Crippen molar-refractivity contribution in [1.29, 1.82) is 0 Å². The lowest BCUT2D eigenvalue weighted by atomic mass is 9.87. The normalized spacial score (nSPS) is 21.2. The molecule has 1 heterocycles. The third-order valence-electron chi connectivity index (χ3n) is 2.82. The van der Waals surface area contributed by atoms with Crippen LogP contribution in [-0.4, -0.2) is 24.1 Å². The van der Waals surface area contributed by atoms with Crippen molar-refractivity contribution < 1.29 is 0 Å². The van der Waals surface area contributed by atoms with Crippen LogP contribution < -0.4 is 5.32 Å². The summed E-state index contributed by atoms with van der Waals surface area (Å²) in [5.41, 5.74) is 0.340. The van der Waals surface area contributed by atoms with Gasteiger partial charge in [-0.05, 0) is 57.6 Å². The summed E-state index contributed by atoms with van der Waals surface area (Å²) in [5.74, 6) is 3.73. The van der Waals surface area contributed by atoms with Crippen molar-refractivity contribution in [2.75, 3.05) is 18.6 Å². The zero-order chi connectivity index (χ0) is 9.03. The molecule has 0 unspecified atom stereocenters. The summed E-state index contributed by atoms with van der Waals surface area (Å²) in [6, 6.07) is 0. The average molecular weight is 187 g/mol. The van der Waals surface area contributed by atoms with Crippen LogP contribution in [-0.2, 0) is 0 Å². The van der Waals surface area contributed by atoms with Crippen LogP contribution in [0.15, 0.2) is 0 Å². The van der Waals surface area contributed by atoms with Crippen molar-refractivity contribution >= 4 is 11.8 Å². The topological polar surface area (TPSA) is 12.0 Å². The van der Waals surface area contributed by atoms with Gasteiger partial charge in [-0.25, -0.2) is 0 Å². The van der Waals surface area contributed by atoms with Crippen LogP contribution in [0.3, 0.4) is 0 Å². The van der Waals surface area contributed by atoms with Crippen LogP contribution >= 0.6 is 11.8 Å². The molecule has 0 bridgehead atoms. The summed E-state index contributed by atoms with van der Waals surface area (Å²) < 4.78 is 0. The van der Waals surface area contributed by atoms with E-state index in [1.165, 1.54) is 30.8 Å². The molecule has 1 N–H and O–H groups in total. The zero-order valence-corrected chi connectivity index (χ0v) is 9.34. The molecule has 1 rings (SSSR count). The predicted molar refractivity (Wildman–Crippen MR) is 57.8 cm³/mol. The Balaban J connectivity index is 2.28. The molecule has 72 valence electrons. The van der Waals surface area contributed by atoms with Gasteiger partial charge in [0.15, 0.2) is 0 Å². The fraction of sp³-hybridized carbons (Fsp3) is 1.00. The van der Waals surface area contributed by atoms with Gasteiger partial charge in [0.05, 0.1) is 0 Å². The number of hydrogen-bond donors (Lipinski definition) is 1. The van der Waals surface area contributed by atoms with Crippen LogP contribution in [0.5, 0.6) is 0 Å². The second-order valence-electron chi connectivity index (χ2n) is 4.39. The van der Waals surface area contributed by atoms with E-state index in [2.05, 4.69) is 38.0 Å². The Morgan fingerprint density at radius 1 is 1.33 bits per heavy atom. The van der Waals surface area contributed by atoms with Gasteiger partial charge in [0.2, 0.25) is 0 Å². The molecule has 1 nitrogen and oxygen atoms in total. The summed E-state index contributed by atoms with van der Waals surface area (Å²) >= 11 is 2.11. The van der Waals surface area contributed by atoms with Crippen LogP contribution in [0.2, 0.25) is 0 Å². The van der Waals surface area contributed by atoms with Crippen LogP contribution in [0.25, 0.3) is 0 Å². The first-order valence-corrected chi connectivity index (χ1v) is 6.06. The molecule has 0 aromatic heterocycles. The molecule has 1 fully saturated rings. The van der Waals surface area contributed by atoms with Crippen LogP contribution in [0, 0.1) is 5.92 Å². The fourth-order valence-electron chi connectivity index (χ4n) is 1.77. The fourth-order valence-corrected chi connectivity index (χ4v) is 2.98. The zero-order valence-electron chi connectivity index (χ0n) is 8.52. The van der Waals surface area contributed by atoms with E-state index in [4.69, 9.17) is 0 Å². The first-order valence-electron chi connectivity index (χ1n) is 4.91. The second kappa shape index (κ2) is 4.52. The van der Waals surface area contributed by atoms with E-state index in [1.807, 2.05) is 0 Å². The highest BCUT2D eigenvalue weighted by Gasteiger charge is 2.22. The highest BCUT2D eigenvalue weighted by molar-refractivity contribution is 7.99. The molecule has 1 saturated heterocycles. The van der Waals surface area contributed by atoms with Gasteiger partial charge in [0.25, 0.3) is 0 Å². The van der Waals surface area contributed by atoms with Crippen molar-refractivity contribution in [1.82, 2.24) is 5.32 Å². The Hall–Kier alpha value is 0.310. The summed E-state index contributed by atoms with van der Waals surface area (Å²) in [5, 5.41) is 3.38. The third kappa shape index (κ3) is 3.36. The first kappa shape index (κ1) is 10.4. The Labute approximate surface area is 80.7 Å². The summed E-state index contributed by atoms with van der Waals surface area (Å²) in [7, 11) is 2.07. The van der Waals surface area contributed by atoms with Gasteiger partial charge in [0, 0.05) is 5.54 Å². The molecule has 0 aliphatic carbocycles. The maximum absolute atomic E-state index is 3.38. The van der Waals surface area contributed by atoms with Crippen LogP contribution in [0.4, 0.5) is 0 Å². The van der Waals surface area contributed by atoms with Crippen molar-refractivity contribution in [3.05, 3.63) is 0 Å². The minimum Gasteiger partial charge on any atom is -0.315 e. The molecule has 1 aliphatic rings. The van der Waals surface area contributed by atoms with Crippen molar-refractivity contribution in [3.8, 4) is 0 Å². The minimum absolute atomic E-state index is 0.340. The monoisotopic (exact) mass is 187 g/mol. The molecule has 0 saturated carbocycles. The van der Waals surface area contributed by atoms with E-state index in [0.29, 0.717) is 5.54 Å². The Bertz CT molecular complexity index is 128. The number of rotatable bonds is 3. The van der Waals surface area contributed by atoms with Gasteiger partial charge in [-0.1, -0.05) is 0 Å². The lowest BCUT2D eigenvalue weighted by molar-refractivity contribution is 0.301. The lowest BCUT2D eigenvalue weighted by Gasteiger charge is -2.31. The quantitative estimate of drug-likeness (QED) is 0.728. The first-order chi connectivity index (χ1) is 5.64. The van der Waals surface area contributed by atoms with E-state index in [9.17, 15) is 0 Å². The number of hydrogen-bond acceptors (Lipinski definition) is 2. The van der Waals surface area contributed by atoms with Gasteiger partial charge in [-0.2, -0.15) is 11.8 Å². The van der Waals surface area contributed by atoms with Gasteiger partial charge in [-0.15, -0.1) is 0 Å². The second-order valence-corrected chi connectivity index (χ2v) is 5.62. The van der Waals surface area contributed by atoms with Gasteiger partial charge in [-0.3, -0.25) is 0 Å². The van der Waals surface area contributed by atoms with E-state index in [-0.39, 0.29) is 0 Å². The van der Waals surface area contributed by atoms with Gasteiger partial charge < -0.3 is 5.32 Å². The van der Waals surface area contributed by atoms with Gasteiger partial charge in [0.1, 0.15) is 0 Å². The molecule has 0 amide bonds. The maximum atomic E-state index is 3.38. The smallest absolute Gasteiger partial charge is 0.0124 e. The van der Waals surface area contributed by atoms with Crippen LogP contribution in [0.1, 0.15) is 33.1 Å². The summed E-state index contributed by atoms with van der Waals surface area (Å²) in [6.07, 6.45) is 4.19. The molecule has 12 heavy (non-hydrogen) atoms. The highest BCUT2D eigenvalue weighted by Crippen LogP contribution is 2.29. The minimum atomic E-state index is 0.340. The standard InChI is InChI=1S/C10H21NS/c1-10(2,11-3)8-9-4-6-12-7-5-9/h9,11H,4-8H2,1-3H3. The van der Waals surface area contributed by atoms with E-state index >= 15 is 0 Å². The average Bonchev–Trinajstić information content (AvgIpc) is 2.06. The van der Waals surface area contributed by atoms with Gasteiger partial charge >= 0.3 is 0 Å². The largest absolute Gasteiger partial charge is 0.315 e. The lowest BCUT2D eigenvalue weighted by Crippen LogP contribution is -2.38. The summed E-state index contributed by atoms with van der Waals surface area (Å²) in [6.45, 7) is 4.60. The van der Waals surface area contributed by atoms with Crippen molar-refractivity contribution in [2.24, 2.45) is 5.92 Å². The molecule has 0 aromatic rings. The Kier molecular flexibility index (Phi) is 3.91. The molecule has 0 radical (unpaired) electrons. The highest BCUT2D eigenvalue weighted by atomic mass is 32.2. The summed E-state index contributed by atoms with van der Waals surface area (Å²) in [4.78, 5) is 0. The molecular formula is C10H21NS. The Morgan fingerprint density at radius 3 is 2.42 bits per heavy atom. The molecule has 0 spiro atoms. The maximum Gasteiger partial charge on any atom is 0.0124 e. The van der Waals surface area contributed by atoms with Crippen molar-refractivity contribution in [3.63, 3.8) is 0 Å². The number of thioether (sulfide) groups is 1. The predicted octanol–water partition coefficient (Wildman–Crippen LogP) is 2.52. The molecule has 2 heteroatoms. The van der Waals surface area contributed by atoms with E-state index in [1.54, 1.807) is 0 Å².